The number of alkyl halides is 3. The molecule has 0 bridgehead atoms. The van der Waals surface area contributed by atoms with E-state index in [1.807, 2.05) is 0 Å². The van der Waals surface area contributed by atoms with Crippen LogP contribution < -0.4 is 14.2 Å². The lowest BCUT2D eigenvalue weighted by Crippen LogP contribution is -2.52. The van der Waals surface area contributed by atoms with Crippen LogP contribution in [0.2, 0.25) is 5.02 Å². The standard InChI is InChI=1S/C25H20ClF3O6/c1-11-8-15(30)14-9-16(12-4-6-13(7-5-12)25(27,28)29)34-23(14)24(11)22(31)19-17(32-2)10-18(33-3)20(26)21(19)35-24/h4-7,10-11,16H,8-9H2,1-3H3/t11-,16-,24-/m1/s1. The smallest absolute Gasteiger partial charge is 0.416 e. The number of methoxy groups -OCH3 is 2. The van der Waals surface area contributed by atoms with E-state index in [1.54, 1.807) is 6.92 Å². The number of ether oxygens (including phenoxy) is 4. The predicted molar refractivity (Wildman–Crippen MR) is 118 cm³/mol. The minimum absolute atomic E-state index is 0.0265. The van der Waals surface area contributed by atoms with Crippen molar-refractivity contribution in [3.8, 4) is 17.2 Å². The lowest BCUT2D eigenvalue weighted by molar-refractivity contribution is -0.137. The largest absolute Gasteiger partial charge is 0.496 e. The van der Waals surface area contributed by atoms with Gasteiger partial charge in [0.15, 0.2) is 17.3 Å². The molecule has 0 radical (unpaired) electrons. The number of hydrogen-bond donors (Lipinski definition) is 0. The molecule has 35 heavy (non-hydrogen) atoms. The van der Waals surface area contributed by atoms with E-state index in [0.717, 1.165) is 12.1 Å². The maximum Gasteiger partial charge on any atom is 0.416 e. The Morgan fingerprint density at radius 2 is 1.71 bits per heavy atom. The molecule has 0 fully saturated rings. The van der Waals surface area contributed by atoms with Crippen molar-refractivity contribution in [3.05, 3.63) is 63.4 Å². The first-order chi connectivity index (χ1) is 16.5. The van der Waals surface area contributed by atoms with Crippen LogP contribution in [0.15, 0.2) is 41.7 Å². The number of carbonyl (C=O) groups excluding carboxylic acids is 2. The highest BCUT2D eigenvalue weighted by Gasteiger charge is 2.63. The molecule has 6 nitrogen and oxygen atoms in total. The molecule has 2 aromatic rings. The molecule has 0 N–H and O–H groups in total. The summed E-state index contributed by atoms with van der Waals surface area (Å²) in [5, 5.41) is 0.0806. The molecule has 2 aromatic carbocycles. The van der Waals surface area contributed by atoms with Crippen molar-refractivity contribution in [2.75, 3.05) is 14.2 Å². The lowest BCUT2D eigenvalue weighted by atomic mass is 9.73. The van der Waals surface area contributed by atoms with Gasteiger partial charge in [-0.3, -0.25) is 9.59 Å². The number of ketones is 2. The van der Waals surface area contributed by atoms with Gasteiger partial charge in [0.05, 0.1) is 19.8 Å². The molecule has 2 aliphatic heterocycles. The maximum atomic E-state index is 13.9. The Labute approximate surface area is 203 Å². The fourth-order valence-corrected chi connectivity index (χ4v) is 5.27. The summed E-state index contributed by atoms with van der Waals surface area (Å²) < 4.78 is 62.0. The van der Waals surface area contributed by atoms with E-state index in [0.29, 0.717) is 5.56 Å². The highest BCUT2D eigenvalue weighted by molar-refractivity contribution is 6.35. The molecule has 2 heterocycles. The molecule has 0 aromatic heterocycles. The van der Waals surface area contributed by atoms with Gasteiger partial charge in [0.1, 0.15) is 28.2 Å². The Morgan fingerprint density at radius 3 is 2.31 bits per heavy atom. The Balaban J connectivity index is 1.57. The molecule has 3 atom stereocenters. The van der Waals surface area contributed by atoms with Gasteiger partial charge < -0.3 is 18.9 Å². The molecule has 5 rings (SSSR count). The van der Waals surface area contributed by atoms with Crippen LogP contribution in [0.4, 0.5) is 13.2 Å². The SMILES string of the molecule is COc1cc(OC)c2c(c1Cl)O[C@]1(C2=O)C2=C(C[C@H](c3ccc(C(F)(F)F)cc3)O2)C(=O)C[C@H]1C. The van der Waals surface area contributed by atoms with Gasteiger partial charge in [-0.05, 0) is 17.7 Å². The van der Waals surface area contributed by atoms with E-state index >= 15 is 0 Å². The van der Waals surface area contributed by atoms with E-state index in [4.69, 9.17) is 30.5 Å². The summed E-state index contributed by atoms with van der Waals surface area (Å²) in [7, 11) is 2.81. The van der Waals surface area contributed by atoms with E-state index in [2.05, 4.69) is 0 Å². The van der Waals surface area contributed by atoms with Crippen molar-refractivity contribution in [1.29, 1.82) is 0 Å². The molecule has 0 unspecified atom stereocenters. The first-order valence-corrected chi connectivity index (χ1v) is 11.2. The molecule has 0 amide bonds. The average molecular weight is 509 g/mol. The summed E-state index contributed by atoms with van der Waals surface area (Å²) in [5.74, 6) is -0.675. The van der Waals surface area contributed by atoms with Gasteiger partial charge >= 0.3 is 6.18 Å². The number of hydrogen-bond acceptors (Lipinski definition) is 6. The van der Waals surface area contributed by atoms with Crippen molar-refractivity contribution >= 4 is 23.2 Å². The number of halogens is 4. The van der Waals surface area contributed by atoms with E-state index in [1.165, 1.54) is 32.4 Å². The second-order valence-electron chi connectivity index (χ2n) is 8.73. The van der Waals surface area contributed by atoms with E-state index in [-0.39, 0.29) is 57.8 Å². The van der Waals surface area contributed by atoms with Crippen LogP contribution in [0.5, 0.6) is 17.2 Å². The van der Waals surface area contributed by atoms with Crippen molar-refractivity contribution < 1.29 is 41.7 Å². The van der Waals surface area contributed by atoms with Gasteiger partial charge in [-0.25, -0.2) is 0 Å². The van der Waals surface area contributed by atoms with Crippen molar-refractivity contribution in [2.45, 2.75) is 37.6 Å². The molecule has 1 spiro atoms. The van der Waals surface area contributed by atoms with E-state index in [9.17, 15) is 22.8 Å². The summed E-state index contributed by atoms with van der Waals surface area (Å²) in [4.78, 5) is 26.8. The van der Waals surface area contributed by atoms with Gasteiger partial charge in [0, 0.05) is 30.4 Å². The average Bonchev–Trinajstić information content (AvgIpc) is 3.40. The molecular formula is C25H20ClF3O6. The van der Waals surface area contributed by atoms with Crippen LogP contribution in [-0.4, -0.2) is 31.4 Å². The minimum Gasteiger partial charge on any atom is -0.496 e. The predicted octanol–water partition coefficient (Wildman–Crippen LogP) is 5.71. The molecule has 184 valence electrons. The summed E-state index contributed by atoms with van der Waals surface area (Å²) in [6, 6.07) is 6.02. The van der Waals surface area contributed by atoms with Crippen LogP contribution >= 0.6 is 11.6 Å². The number of Topliss-reactive ketones (excluding diaryl/α,β-unsaturated/α-hetero) is 2. The number of benzene rings is 2. The monoisotopic (exact) mass is 508 g/mol. The van der Waals surface area contributed by atoms with Crippen molar-refractivity contribution in [1.82, 2.24) is 0 Å². The third kappa shape index (κ3) is 3.31. The molecule has 1 aliphatic carbocycles. The second kappa shape index (κ2) is 7.91. The van der Waals surface area contributed by atoms with Crippen LogP contribution in [0, 0.1) is 5.92 Å². The number of rotatable bonds is 3. The zero-order valence-electron chi connectivity index (χ0n) is 18.9. The Morgan fingerprint density at radius 1 is 1.06 bits per heavy atom. The highest BCUT2D eigenvalue weighted by atomic mass is 35.5. The summed E-state index contributed by atoms with van der Waals surface area (Å²) in [6.07, 6.45) is -5.09. The lowest BCUT2D eigenvalue weighted by Gasteiger charge is -2.37. The van der Waals surface area contributed by atoms with Crippen molar-refractivity contribution in [2.24, 2.45) is 5.92 Å². The Hall–Kier alpha value is -3.20. The Kier molecular flexibility index (Phi) is 5.32. The van der Waals surface area contributed by atoms with E-state index < -0.39 is 35.1 Å². The van der Waals surface area contributed by atoms with Gasteiger partial charge in [0.25, 0.3) is 0 Å². The molecule has 0 saturated carbocycles. The quantitative estimate of drug-likeness (QED) is 0.528. The summed E-state index contributed by atoms with van der Waals surface area (Å²) in [5.41, 5.74) is -1.60. The summed E-state index contributed by atoms with van der Waals surface area (Å²) >= 11 is 6.47. The fourth-order valence-electron chi connectivity index (χ4n) is 5.00. The molecule has 10 heteroatoms. The number of fused-ring (bicyclic) bond motifs is 2. The van der Waals surface area contributed by atoms with Gasteiger partial charge in [-0.1, -0.05) is 30.7 Å². The minimum atomic E-state index is -4.47. The van der Waals surface area contributed by atoms with Crippen LogP contribution in [0.3, 0.4) is 0 Å². The molecular weight excluding hydrogens is 489 g/mol. The zero-order chi connectivity index (χ0) is 25.3. The third-order valence-electron chi connectivity index (χ3n) is 6.81. The van der Waals surface area contributed by atoms with Crippen molar-refractivity contribution in [3.63, 3.8) is 0 Å². The van der Waals surface area contributed by atoms with Crippen LogP contribution in [-0.2, 0) is 15.7 Å². The highest BCUT2D eigenvalue weighted by Crippen LogP contribution is 2.58. The van der Waals surface area contributed by atoms with Gasteiger partial charge in [0.2, 0.25) is 11.4 Å². The first kappa shape index (κ1) is 23.5. The second-order valence-corrected chi connectivity index (χ2v) is 9.11. The van der Waals surface area contributed by atoms with Crippen LogP contribution in [0.1, 0.15) is 47.4 Å². The normalized spacial score (nSPS) is 25.3. The van der Waals surface area contributed by atoms with Crippen LogP contribution in [0.25, 0.3) is 0 Å². The molecule has 3 aliphatic rings. The zero-order valence-corrected chi connectivity index (χ0v) is 19.7. The number of carbonyl (C=O) groups is 2. The molecule has 0 saturated heterocycles. The van der Waals surface area contributed by atoms with Gasteiger partial charge in [-0.2, -0.15) is 13.2 Å². The fraction of sp³-hybridized carbons (Fsp3) is 0.360. The first-order valence-electron chi connectivity index (χ1n) is 10.8. The maximum absolute atomic E-state index is 13.9. The third-order valence-corrected chi connectivity index (χ3v) is 7.17. The topological polar surface area (TPSA) is 71.1 Å². The van der Waals surface area contributed by atoms with Gasteiger partial charge in [-0.15, -0.1) is 0 Å². The Bertz CT molecular complexity index is 1280. The summed E-state index contributed by atoms with van der Waals surface area (Å²) in [6.45, 7) is 1.71.